The smallest absolute Gasteiger partial charge is 0.238 e. The van der Waals surface area contributed by atoms with Gasteiger partial charge in [-0.2, -0.15) is 0 Å². The lowest BCUT2D eigenvalue weighted by molar-refractivity contribution is 0.209. The molecule has 0 spiro atoms. The molecule has 20 heavy (non-hydrogen) atoms. The van der Waals surface area contributed by atoms with Crippen molar-refractivity contribution < 1.29 is 9.84 Å². The summed E-state index contributed by atoms with van der Waals surface area (Å²) < 4.78 is 5.15. The van der Waals surface area contributed by atoms with Gasteiger partial charge in [-0.05, 0) is 6.07 Å². The Morgan fingerprint density at radius 1 is 1.00 bits per heavy atom. The molecule has 0 saturated heterocycles. The van der Waals surface area contributed by atoms with Gasteiger partial charge in [-0.25, -0.2) is 4.98 Å². The second-order valence-corrected chi connectivity index (χ2v) is 4.28. The molecule has 0 fully saturated rings. The molecule has 0 aliphatic carbocycles. The second kappa shape index (κ2) is 5.22. The quantitative estimate of drug-likeness (QED) is 0.787. The van der Waals surface area contributed by atoms with Crippen molar-refractivity contribution in [1.29, 1.82) is 0 Å². The second-order valence-electron chi connectivity index (χ2n) is 4.28. The molecule has 0 saturated carbocycles. The summed E-state index contributed by atoms with van der Waals surface area (Å²) in [5, 5.41) is 11.5. The number of para-hydroxylation sites is 1. The van der Waals surface area contributed by atoms with Crippen LogP contribution in [-0.2, 0) is 0 Å². The maximum atomic E-state index is 10.6. The normalized spacial score (nSPS) is 12.3. The Balaban J connectivity index is 2.15. The van der Waals surface area contributed by atoms with E-state index in [1.807, 2.05) is 30.3 Å². The number of aliphatic hydroxyl groups excluding tert-OH is 1. The summed E-state index contributed by atoms with van der Waals surface area (Å²) in [6.07, 6.45) is 3.82. The van der Waals surface area contributed by atoms with Gasteiger partial charge in [0.05, 0.1) is 12.6 Å². The number of fused-ring (bicyclic) bond motifs is 1. The molecule has 3 aromatic rings. The van der Waals surface area contributed by atoms with E-state index in [2.05, 4.69) is 15.0 Å². The number of methoxy groups -OCH3 is 1. The first kappa shape index (κ1) is 12.5. The van der Waals surface area contributed by atoms with Crippen LogP contribution in [0.25, 0.3) is 10.9 Å². The summed E-state index contributed by atoms with van der Waals surface area (Å²) in [7, 11) is 1.50. The molecular weight excluding hydrogens is 254 g/mol. The van der Waals surface area contributed by atoms with Crippen molar-refractivity contribution in [2.75, 3.05) is 7.11 Å². The number of hydrogen-bond acceptors (Lipinski definition) is 5. The first-order valence-electron chi connectivity index (χ1n) is 6.18. The van der Waals surface area contributed by atoms with Gasteiger partial charge in [0.25, 0.3) is 0 Å². The van der Waals surface area contributed by atoms with Crippen LogP contribution in [0.5, 0.6) is 5.88 Å². The van der Waals surface area contributed by atoms with E-state index >= 15 is 0 Å². The fraction of sp³-hybridized carbons (Fsp3) is 0.133. The predicted octanol–water partition coefficient (Wildman–Crippen LogP) is 2.12. The lowest BCUT2D eigenvalue weighted by atomic mass is 10.0. The SMILES string of the molecule is COc1nccnc1C(O)c1cccc2cccnc12. The van der Waals surface area contributed by atoms with E-state index in [1.165, 1.54) is 19.5 Å². The highest BCUT2D eigenvalue weighted by Gasteiger charge is 2.20. The van der Waals surface area contributed by atoms with Gasteiger partial charge in [0.15, 0.2) is 0 Å². The molecule has 0 aliphatic heterocycles. The molecule has 1 unspecified atom stereocenters. The first-order chi connectivity index (χ1) is 9.81. The Morgan fingerprint density at radius 2 is 1.80 bits per heavy atom. The fourth-order valence-electron chi connectivity index (χ4n) is 2.18. The Kier molecular flexibility index (Phi) is 3.26. The van der Waals surface area contributed by atoms with Gasteiger partial charge in [-0.1, -0.05) is 24.3 Å². The number of ether oxygens (including phenoxy) is 1. The van der Waals surface area contributed by atoms with Gasteiger partial charge in [0.2, 0.25) is 5.88 Å². The van der Waals surface area contributed by atoms with Crippen molar-refractivity contribution in [2.45, 2.75) is 6.10 Å². The molecule has 0 bridgehead atoms. The van der Waals surface area contributed by atoms with Crippen molar-refractivity contribution >= 4 is 10.9 Å². The number of pyridine rings is 1. The minimum atomic E-state index is -0.933. The zero-order chi connectivity index (χ0) is 13.9. The average Bonchev–Trinajstić information content (AvgIpc) is 2.53. The molecule has 1 N–H and O–H groups in total. The monoisotopic (exact) mass is 267 g/mol. The van der Waals surface area contributed by atoms with Crippen LogP contribution in [0.3, 0.4) is 0 Å². The molecule has 5 nitrogen and oxygen atoms in total. The third-order valence-electron chi connectivity index (χ3n) is 3.10. The summed E-state index contributed by atoms with van der Waals surface area (Å²) in [4.78, 5) is 12.6. The molecule has 0 amide bonds. The minimum Gasteiger partial charge on any atom is -0.480 e. The predicted molar refractivity (Wildman–Crippen MR) is 74.4 cm³/mol. The zero-order valence-corrected chi connectivity index (χ0v) is 10.9. The van der Waals surface area contributed by atoms with E-state index in [0.717, 1.165) is 10.9 Å². The third-order valence-corrected chi connectivity index (χ3v) is 3.10. The van der Waals surface area contributed by atoms with Crippen molar-refractivity contribution in [2.24, 2.45) is 0 Å². The van der Waals surface area contributed by atoms with Crippen LogP contribution in [0.15, 0.2) is 48.9 Å². The lowest BCUT2D eigenvalue weighted by Gasteiger charge is -2.14. The first-order valence-corrected chi connectivity index (χ1v) is 6.18. The van der Waals surface area contributed by atoms with E-state index < -0.39 is 6.10 Å². The highest BCUT2D eigenvalue weighted by atomic mass is 16.5. The Labute approximate surface area is 115 Å². The van der Waals surface area contributed by atoms with Crippen LogP contribution in [-0.4, -0.2) is 27.2 Å². The molecule has 5 heteroatoms. The van der Waals surface area contributed by atoms with Gasteiger partial charge < -0.3 is 9.84 Å². The number of aromatic nitrogens is 3. The summed E-state index contributed by atoms with van der Waals surface area (Å²) in [6, 6.07) is 9.47. The Bertz CT molecular complexity index is 741. The Hall–Kier alpha value is -2.53. The molecule has 2 heterocycles. The fourth-order valence-corrected chi connectivity index (χ4v) is 2.18. The molecule has 100 valence electrons. The van der Waals surface area contributed by atoms with Crippen LogP contribution < -0.4 is 4.74 Å². The highest BCUT2D eigenvalue weighted by Crippen LogP contribution is 2.29. The topological polar surface area (TPSA) is 68.1 Å². The number of aliphatic hydroxyl groups is 1. The van der Waals surface area contributed by atoms with Crippen LogP contribution in [0.1, 0.15) is 17.4 Å². The highest BCUT2D eigenvalue weighted by molar-refractivity contribution is 5.82. The van der Waals surface area contributed by atoms with Crippen LogP contribution >= 0.6 is 0 Å². The van der Waals surface area contributed by atoms with E-state index in [9.17, 15) is 5.11 Å². The van der Waals surface area contributed by atoms with Crippen molar-refractivity contribution in [1.82, 2.24) is 15.0 Å². The van der Waals surface area contributed by atoms with Crippen molar-refractivity contribution in [3.05, 3.63) is 60.2 Å². The Morgan fingerprint density at radius 3 is 2.65 bits per heavy atom. The third kappa shape index (κ3) is 2.08. The molecule has 3 rings (SSSR count). The van der Waals surface area contributed by atoms with Crippen molar-refractivity contribution in [3.8, 4) is 5.88 Å². The number of rotatable bonds is 3. The van der Waals surface area contributed by atoms with Gasteiger partial charge in [0, 0.05) is 29.5 Å². The van der Waals surface area contributed by atoms with Crippen LogP contribution in [0, 0.1) is 0 Å². The van der Waals surface area contributed by atoms with E-state index in [1.54, 1.807) is 6.20 Å². The number of nitrogens with zero attached hydrogens (tertiary/aromatic N) is 3. The van der Waals surface area contributed by atoms with Crippen LogP contribution in [0.4, 0.5) is 0 Å². The van der Waals surface area contributed by atoms with E-state index in [0.29, 0.717) is 17.1 Å². The molecular formula is C15H13N3O2. The van der Waals surface area contributed by atoms with E-state index in [-0.39, 0.29) is 0 Å². The summed E-state index contributed by atoms with van der Waals surface area (Å²) in [5.74, 6) is 0.313. The molecule has 1 atom stereocenters. The summed E-state index contributed by atoms with van der Waals surface area (Å²) in [5.41, 5.74) is 1.81. The minimum absolute atomic E-state index is 0.313. The van der Waals surface area contributed by atoms with Gasteiger partial charge in [-0.15, -0.1) is 0 Å². The zero-order valence-electron chi connectivity index (χ0n) is 10.9. The molecule has 0 radical (unpaired) electrons. The number of benzene rings is 1. The average molecular weight is 267 g/mol. The van der Waals surface area contributed by atoms with Crippen molar-refractivity contribution in [3.63, 3.8) is 0 Å². The lowest BCUT2D eigenvalue weighted by Crippen LogP contribution is -2.07. The van der Waals surface area contributed by atoms with E-state index in [4.69, 9.17) is 4.74 Å². The maximum absolute atomic E-state index is 10.6. The molecule has 1 aromatic carbocycles. The summed E-state index contributed by atoms with van der Waals surface area (Å²) in [6.45, 7) is 0. The molecule has 2 aromatic heterocycles. The van der Waals surface area contributed by atoms with Gasteiger partial charge in [-0.3, -0.25) is 9.97 Å². The van der Waals surface area contributed by atoms with Gasteiger partial charge >= 0.3 is 0 Å². The molecule has 0 aliphatic rings. The summed E-state index contributed by atoms with van der Waals surface area (Å²) >= 11 is 0. The standard InChI is InChI=1S/C15H13N3O2/c1-20-15-13(17-8-9-18-15)14(19)11-6-2-4-10-5-3-7-16-12(10)11/h2-9,14,19H,1H3. The number of hydrogen-bond donors (Lipinski definition) is 1. The largest absolute Gasteiger partial charge is 0.480 e. The van der Waals surface area contributed by atoms with Crippen LogP contribution in [0.2, 0.25) is 0 Å². The maximum Gasteiger partial charge on any atom is 0.238 e. The van der Waals surface area contributed by atoms with Gasteiger partial charge in [0.1, 0.15) is 11.8 Å².